The van der Waals surface area contributed by atoms with Crippen LogP contribution in [0.2, 0.25) is 0 Å². The maximum Gasteiger partial charge on any atom is 0.416 e. The molecule has 2 atom stereocenters. The predicted octanol–water partition coefficient (Wildman–Crippen LogP) is 2.56. The van der Waals surface area contributed by atoms with Gasteiger partial charge >= 0.3 is 6.18 Å². The van der Waals surface area contributed by atoms with Crippen molar-refractivity contribution in [3.63, 3.8) is 0 Å². The highest BCUT2D eigenvalue weighted by molar-refractivity contribution is 5.42. The van der Waals surface area contributed by atoms with Crippen LogP contribution in [0.25, 0.3) is 0 Å². The van der Waals surface area contributed by atoms with Crippen molar-refractivity contribution in [1.29, 1.82) is 0 Å². The van der Waals surface area contributed by atoms with Crippen molar-refractivity contribution < 1.29 is 23.0 Å². The van der Waals surface area contributed by atoms with Crippen molar-refractivity contribution in [2.45, 2.75) is 25.1 Å². The Labute approximate surface area is 90.7 Å². The Morgan fingerprint density at radius 2 is 2.06 bits per heavy atom. The normalized spacial score (nSPS) is 24.8. The van der Waals surface area contributed by atoms with Crippen molar-refractivity contribution in [2.24, 2.45) is 0 Å². The number of hydrogen-bond donors (Lipinski definition) is 1. The first-order valence-electron chi connectivity index (χ1n) is 4.91. The van der Waals surface area contributed by atoms with Crippen molar-refractivity contribution >= 4 is 0 Å². The van der Waals surface area contributed by atoms with Gasteiger partial charge in [-0.05, 0) is 17.7 Å². The van der Waals surface area contributed by atoms with E-state index >= 15 is 0 Å². The molecule has 2 rings (SSSR count). The molecular formula is C11H11F3O2. The Hall–Kier alpha value is -1.23. The number of rotatable bonds is 0. The van der Waals surface area contributed by atoms with Crippen LogP contribution in [-0.4, -0.2) is 17.8 Å². The summed E-state index contributed by atoms with van der Waals surface area (Å²) in [6.07, 6.45) is -5.03. The van der Waals surface area contributed by atoms with Gasteiger partial charge < -0.3 is 9.84 Å². The average Bonchev–Trinajstić information content (AvgIpc) is 2.22. The Morgan fingerprint density at radius 3 is 2.69 bits per heavy atom. The Kier molecular flexibility index (Phi) is 2.58. The number of aliphatic hydroxyl groups excluding tert-OH is 1. The molecule has 2 nitrogen and oxygen atoms in total. The molecule has 1 heterocycles. The Morgan fingerprint density at radius 1 is 1.38 bits per heavy atom. The van der Waals surface area contributed by atoms with E-state index in [1.807, 2.05) is 0 Å². The number of ether oxygens (including phenoxy) is 1. The molecule has 0 aromatic heterocycles. The van der Waals surface area contributed by atoms with Gasteiger partial charge in [0.2, 0.25) is 0 Å². The minimum Gasteiger partial charge on any atom is -0.491 e. The maximum atomic E-state index is 12.4. The summed E-state index contributed by atoms with van der Waals surface area (Å²) in [7, 11) is 0. The SMILES string of the molecule is C[C@H]1c2ccc(C(F)(F)F)cc2OC[C@H]1O. The maximum absolute atomic E-state index is 12.4. The van der Waals surface area contributed by atoms with Crippen LogP contribution < -0.4 is 4.74 Å². The Balaban J connectivity index is 2.41. The number of alkyl halides is 3. The zero-order valence-corrected chi connectivity index (χ0v) is 8.58. The summed E-state index contributed by atoms with van der Waals surface area (Å²) in [6.45, 7) is 1.80. The van der Waals surface area contributed by atoms with Gasteiger partial charge in [0.15, 0.2) is 0 Å². The molecule has 0 saturated carbocycles. The zero-order valence-electron chi connectivity index (χ0n) is 8.58. The first-order chi connectivity index (χ1) is 7.39. The molecule has 0 amide bonds. The fourth-order valence-corrected chi connectivity index (χ4v) is 1.74. The first-order valence-corrected chi connectivity index (χ1v) is 4.91. The topological polar surface area (TPSA) is 29.5 Å². The predicted molar refractivity (Wildman–Crippen MR) is 51.4 cm³/mol. The van der Waals surface area contributed by atoms with Gasteiger partial charge in [0.1, 0.15) is 12.4 Å². The van der Waals surface area contributed by atoms with E-state index in [4.69, 9.17) is 4.74 Å². The lowest BCUT2D eigenvalue weighted by molar-refractivity contribution is -0.137. The lowest BCUT2D eigenvalue weighted by atomic mass is 9.92. The molecule has 5 heteroatoms. The van der Waals surface area contributed by atoms with E-state index in [0.29, 0.717) is 5.56 Å². The van der Waals surface area contributed by atoms with Crippen LogP contribution in [0.15, 0.2) is 18.2 Å². The second-order valence-electron chi connectivity index (χ2n) is 3.92. The van der Waals surface area contributed by atoms with Gasteiger partial charge in [0, 0.05) is 5.92 Å². The van der Waals surface area contributed by atoms with Gasteiger partial charge in [-0.2, -0.15) is 13.2 Å². The van der Waals surface area contributed by atoms with E-state index in [0.717, 1.165) is 12.1 Å². The van der Waals surface area contributed by atoms with Gasteiger partial charge in [-0.15, -0.1) is 0 Å². The molecule has 0 radical (unpaired) electrons. The third-order valence-corrected chi connectivity index (χ3v) is 2.82. The minimum absolute atomic E-state index is 0.0372. The largest absolute Gasteiger partial charge is 0.491 e. The highest BCUT2D eigenvalue weighted by Gasteiger charge is 2.33. The van der Waals surface area contributed by atoms with Crippen LogP contribution in [0.5, 0.6) is 5.75 Å². The summed E-state index contributed by atoms with van der Waals surface area (Å²) >= 11 is 0. The lowest BCUT2D eigenvalue weighted by Crippen LogP contribution is -2.29. The molecule has 16 heavy (non-hydrogen) atoms. The summed E-state index contributed by atoms with van der Waals surface area (Å²) in [6, 6.07) is 3.36. The molecule has 0 fully saturated rings. The highest BCUT2D eigenvalue weighted by atomic mass is 19.4. The zero-order chi connectivity index (χ0) is 11.9. The number of aliphatic hydroxyl groups is 1. The third-order valence-electron chi connectivity index (χ3n) is 2.82. The van der Waals surface area contributed by atoms with Crippen molar-refractivity contribution in [1.82, 2.24) is 0 Å². The second-order valence-corrected chi connectivity index (χ2v) is 3.92. The number of halogens is 3. The van der Waals surface area contributed by atoms with Crippen LogP contribution >= 0.6 is 0 Å². The molecule has 0 unspecified atom stereocenters. The molecule has 1 aromatic rings. The van der Waals surface area contributed by atoms with Crippen LogP contribution in [0.3, 0.4) is 0 Å². The van der Waals surface area contributed by atoms with E-state index in [1.54, 1.807) is 6.92 Å². The average molecular weight is 232 g/mol. The monoisotopic (exact) mass is 232 g/mol. The molecule has 0 bridgehead atoms. The fourth-order valence-electron chi connectivity index (χ4n) is 1.74. The molecule has 1 aromatic carbocycles. The summed E-state index contributed by atoms with van der Waals surface area (Å²) < 4.78 is 42.4. The minimum atomic E-state index is -4.36. The summed E-state index contributed by atoms with van der Waals surface area (Å²) in [5.41, 5.74) is -0.110. The van der Waals surface area contributed by atoms with Crippen LogP contribution in [0, 0.1) is 0 Å². The summed E-state index contributed by atoms with van der Waals surface area (Å²) in [4.78, 5) is 0. The van der Waals surface area contributed by atoms with Crippen molar-refractivity contribution in [3.05, 3.63) is 29.3 Å². The van der Waals surface area contributed by atoms with Crippen LogP contribution in [0.1, 0.15) is 24.0 Å². The molecule has 0 aliphatic carbocycles. The van der Waals surface area contributed by atoms with Gasteiger partial charge in [-0.3, -0.25) is 0 Å². The van der Waals surface area contributed by atoms with E-state index in [2.05, 4.69) is 0 Å². The molecule has 88 valence electrons. The van der Waals surface area contributed by atoms with Crippen LogP contribution in [-0.2, 0) is 6.18 Å². The molecule has 1 aliphatic rings. The standard InChI is InChI=1S/C11H11F3O2/c1-6-8-3-2-7(11(12,13)14)4-10(8)16-5-9(6)15/h2-4,6,9,15H,5H2,1H3/t6-,9+/m0/s1. The van der Waals surface area contributed by atoms with E-state index in [-0.39, 0.29) is 18.3 Å². The lowest BCUT2D eigenvalue weighted by Gasteiger charge is -2.28. The van der Waals surface area contributed by atoms with E-state index < -0.39 is 17.8 Å². The smallest absolute Gasteiger partial charge is 0.416 e. The second kappa shape index (κ2) is 3.66. The number of benzene rings is 1. The highest BCUT2D eigenvalue weighted by Crippen LogP contribution is 2.38. The van der Waals surface area contributed by atoms with Crippen molar-refractivity contribution in [3.8, 4) is 5.75 Å². The van der Waals surface area contributed by atoms with Crippen LogP contribution in [0.4, 0.5) is 13.2 Å². The summed E-state index contributed by atoms with van der Waals surface area (Å²) in [5.74, 6) is 0.0126. The van der Waals surface area contributed by atoms with E-state index in [9.17, 15) is 18.3 Å². The number of fused-ring (bicyclic) bond motifs is 1. The molecule has 1 N–H and O–H groups in total. The first kappa shape index (κ1) is 11.3. The van der Waals surface area contributed by atoms with Crippen molar-refractivity contribution in [2.75, 3.05) is 6.61 Å². The number of hydrogen-bond acceptors (Lipinski definition) is 2. The Bertz CT molecular complexity index is 401. The fraction of sp³-hybridized carbons (Fsp3) is 0.455. The molecular weight excluding hydrogens is 221 g/mol. The third kappa shape index (κ3) is 1.87. The molecule has 1 aliphatic heterocycles. The quantitative estimate of drug-likeness (QED) is 0.744. The van der Waals surface area contributed by atoms with Gasteiger partial charge in [-0.1, -0.05) is 13.0 Å². The van der Waals surface area contributed by atoms with Gasteiger partial charge in [-0.25, -0.2) is 0 Å². The van der Waals surface area contributed by atoms with Gasteiger partial charge in [0.25, 0.3) is 0 Å². The van der Waals surface area contributed by atoms with Gasteiger partial charge in [0.05, 0.1) is 11.7 Å². The molecule has 0 spiro atoms. The summed E-state index contributed by atoms with van der Waals surface area (Å²) in [5, 5.41) is 9.51. The van der Waals surface area contributed by atoms with E-state index in [1.165, 1.54) is 6.07 Å². The molecule has 0 saturated heterocycles.